The zero-order valence-electron chi connectivity index (χ0n) is 16.3. The van der Waals surface area contributed by atoms with Crippen LogP contribution in [0.4, 0.5) is 11.4 Å². The Kier molecular flexibility index (Phi) is 8.70. The smallest absolute Gasteiger partial charge is 0.335 e. The molecule has 0 fully saturated rings. The molecule has 0 amide bonds. The summed E-state index contributed by atoms with van der Waals surface area (Å²) < 4.78 is 0. The fourth-order valence-corrected chi connectivity index (χ4v) is 2.56. The third kappa shape index (κ3) is 7.47. The summed E-state index contributed by atoms with van der Waals surface area (Å²) in [5, 5.41) is 24.1. The highest BCUT2D eigenvalue weighted by Gasteiger charge is 2.06. The Hall–Kier alpha value is -3.53. The predicted molar refractivity (Wildman–Crippen MR) is 120 cm³/mol. The fraction of sp³-hybridized carbons (Fsp3) is 0.200. The second-order valence-corrected chi connectivity index (χ2v) is 6.86. The molecular weight excluding hydrogens is 406 g/mol. The van der Waals surface area contributed by atoms with Crippen molar-refractivity contribution in [1.29, 1.82) is 0 Å². The molecular formula is C20H23N5O4S. The van der Waals surface area contributed by atoms with Gasteiger partial charge in [-0.2, -0.15) is 0 Å². The molecule has 1 aliphatic rings. The molecule has 6 N–H and O–H groups in total. The van der Waals surface area contributed by atoms with Crippen LogP contribution in [0, 0.1) is 0 Å². The van der Waals surface area contributed by atoms with Crippen molar-refractivity contribution in [3.63, 3.8) is 0 Å². The maximum atomic E-state index is 10.8. The van der Waals surface area contributed by atoms with Gasteiger partial charge < -0.3 is 26.6 Å². The van der Waals surface area contributed by atoms with Crippen LogP contribution in [0.1, 0.15) is 27.1 Å². The number of anilines is 1. The number of aliphatic imine (C=N–C) groups is 2. The van der Waals surface area contributed by atoms with Crippen LogP contribution in [0.3, 0.4) is 0 Å². The van der Waals surface area contributed by atoms with E-state index in [9.17, 15) is 9.59 Å². The molecule has 1 aliphatic heterocycles. The lowest BCUT2D eigenvalue weighted by molar-refractivity contribution is 0.0686. The molecule has 0 saturated heterocycles. The van der Waals surface area contributed by atoms with Crippen LogP contribution in [-0.4, -0.2) is 52.6 Å². The molecule has 0 radical (unpaired) electrons. The van der Waals surface area contributed by atoms with Crippen LogP contribution in [0.2, 0.25) is 0 Å². The summed E-state index contributed by atoms with van der Waals surface area (Å²) in [6, 6.07) is 13.0. The first-order chi connectivity index (χ1) is 14.4. The van der Waals surface area contributed by atoms with E-state index in [0.29, 0.717) is 16.8 Å². The number of nitrogens with zero attached hydrogens (tertiary/aromatic N) is 2. The van der Waals surface area contributed by atoms with Gasteiger partial charge in [-0.25, -0.2) is 14.6 Å². The number of nitrogens with one attached hydrogen (secondary N) is 2. The molecule has 0 spiro atoms. The molecule has 0 unspecified atom stereocenters. The van der Waals surface area contributed by atoms with E-state index < -0.39 is 11.9 Å². The molecule has 0 atom stereocenters. The molecule has 0 saturated carbocycles. The zero-order chi connectivity index (χ0) is 21.9. The minimum Gasteiger partial charge on any atom is -0.478 e. The molecule has 30 heavy (non-hydrogen) atoms. The van der Waals surface area contributed by atoms with Crippen molar-refractivity contribution in [2.45, 2.75) is 6.42 Å². The van der Waals surface area contributed by atoms with Crippen molar-refractivity contribution in [3.8, 4) is 0 Å². The summed E-state index contributed by atoms with van der Waals surface area (Å²) in [5.41, 5.74) is 7.25. The van der Waals surface area contributed by atoms with Crippen molar-refractivity contribution < 1.29 is 19.8 Å². The molecule has 0 bridgehead atoms. The Labute approximate surface area is 178 Å². The quantitative estimate of drug-likeness (QED) is 0.368. The van der Waals surface area contributed by atoms with Gasteiger partial charge in [0.2, 0.25) is 0 Å². The van der Waals surface area contributed by atoms with Gasteiger partial charge in [0, 0.05) is 18.8 Å². The van der Waals surface area contributed by atoms with Gasteiger partial charge in [-0.1, -0.05) is 23.9 Å². The van der Waals surface area contributed by atoms with Gasteiger partial charge in [0.1, 0.15) is 0 Å². The summed E-state index contributed by atoms with van der Waals surface area (Å²) in [6.45, 7) is 1.69. The molecule has 158 valence electrons. The average molecular weight is 430 g/mol. The minimum absolute atomic E-state index is 0.208. The normalized spacial score (nSPS) is 13.2. The van der Waals surface area contributed by atoms with Crippen molar-refractivity contribution in [2.75, 3.05) is 24.7 Å². The Bertz CT molecular complexity index is 962. The van der Waals surface area contributed by atoms with E-state index in [4.69, 9.17) is 15.9 Å². The SMILES string of the molecule is CSC(N)=Nc1cccc(C(=O)O)c1.O=C(O)c1cccc(NC2=NCCCN2)c1. The van der Waals surface area contributed by atoms with Crippen LogP contribution < -0.4 is 16.4 Å². The van der Waals surface area contributed by atoms with Crippen molar-refractivity contribution in [2.24, 2.45) is 15.7 Å². The van der Waals surface area contributed by atoms with Gasteiger partial charge in [0.25, 0.3) is 0 Å². The lowest BCUT2D eigenvalue weighted by Gasteiger charge is -2.16. The van der Waals surface area contributed by atoms with Gasteiger partial charge in [0.05, 0.1) is 16.8 Å². The Balaban J connectivity index is 0.000000216. The van der Waals surface area contributed by atoms with Crippen LogP contribution >= 0.6 is 11.8 Å². The van der Waals surface area contributed by atoms with Crippen molar-refractivity contribution >= 4 is 46.2 Å². The predicted octanol–water partition coefficient (Wildman–Crippen LogP) is 2.84. The van der Waals surface area contributed by atoms with Gasteiger partial charge in [-0.05, 0) is 49.1 Å². The van der Waals surface area contributed by atoms with E-state index >= 15 is 0 Å². The number of carboxylic acids is 2. The van der Waals surface area contributed by atoms with Gasteiger partial charge in [0.15, 0.2) is 11.1 Å². The van der Waals surface area contributed by atoms with Gasteiger partial charge in [-0.3, -0.25) is 4.99 Å². The number of carboxylic acid groups (broad SMARTS) is 2. The van der Waals surface area contributed by atoms with E-state index in [-0.39, 0.29) is 11.1 Å². The number of hydrogen-bond acceptors (Lipinski definition) is 7. The Morgan fingerprint density at radius 3 is 2.40 bits per heavy atom. The molecule has 2 aromatic rings. The maximum Gasteiger partial charge on any atom is 0.335 e. The lowest BCUT2D eigenvalue weighted by Crippen LogP contribution is -2.35. The number of nitrogens with two attached hydrogens (primary N) is 1. The summed E-state index contributed by atoms with van der Waals surface area (Å²) in [5.74, 6) is -1.19. The zero-order valence-corrected chi connectivity index (χ0v) is 17.1. The molecule has 0 aliphatic carbocycles. The lowest BCUT2D eigenvalue weighted by atomic mass is 10.2. The molecule has 3 rings (SSSR count). The second-order valence-electron chi connectivity index (χ2n) is 6.03. The highest BCUT2D eigenvalue weighted by molar-refractivity contribution is 8.13. The van der Waals surface area contributed by atoms with Gasteiger partial charge in [-0.15, -0.1) is 0 Å². The number of benzene rings is 2. The molecule has 2 aromatic carbocycles. The summed E-state index contributed by atoms with van der Waals surface area (Å²) >= 11 is 1.31. The number of carbonyl (C=O) groups is 2. The van der Waals surface area contributed by atoms with Crippen LogP contribution in [-0.2, 0) is 0 Å². The third-order valence-corrected chi connectivity index (χ3v) is 4.32. The summed E-state index contributed by atoms with van der Waals surface area (Å²) in [6.07, 6.45) is 2.83. The number of aromatic carboxylic acids is 2. The first-order valence-electron chi connectivity index (χ1n) is 8.99. The molecule has 10 heteroatoms. The fourth-order valence-electron chi connectivity index (χ4n) is 2.36. The topological polar surface area (TPSA) is 149 Å². The monoisotopic (exact) mass is 429 g/mol. The van der Waals surface area contributed by atoms with Crippen LogP contribution in [0.15, 0.2) is 58.5 Å². The Morgan fingerprint density at radius 1 is 1.13 bits per heavy atom. The summed E-state index contributed by atoms with van der Waals surface area (Å²) in [7, 11) is 0. The molecule has 0 aromatic heterocycles. The van der Waals surface area contributed by atoms with E-state index in [0.717, 1.165) is 25.2 Å². The maximum absolute atomic E-state index is 10.8. The average Bonchev–Trinajstić information content (AvgIpc) is 2.75. The van der Waals surface area contributed by atoms with E-state index in [1.807, 2.05) is 6.07 Å². The number of thioether (sulfide) groups is 1. The largest absolute Gasteiger partial charge is 0.478 e. The first kappa shape index (κ1) is 22.8. The number of hydrogen-bond donors (Lipinski definition) is 5. The van der Waals surface area contributed by atoms with Crippen molar-refractivity contribution in [1.82, 2.24) is 5.32 Å². The minimum atomic E-state index is -0.968. The number of guanidine groups is 1. The number of amidine groups is 1. The standard InChI is InChI=1S/C11H13N3O2.C9H10N2O2S/c15-10(16)8-3-1-4-9(7-8)14-11-12-5-2-6-13-11;1-14-9(10)11-7-4-2-3-6(5-7)8(12)13/h1,3-4,7H,2,5-6H2,(H,15,16)(H2,12,13,14);2-5H,1H3,(H2,10,11)(H,12,13). The number of rotatable bonds is 4. The molecule has 1 heterocycles. The Morgan fingerprint density at radius 2 is 1.80 bits per heavy atom. The third-order valence-electron chi connectivity index (χ3n) is 3.81. The van der Waals surface area contributed by atoms with E-state index in [1.165, 1.54) is 23.9 Å². The highest BCUT2D eigenvalue weighted by Crippen LogP contribution is 2.15. The summed E-state index contributed by atoms with van der Waals surface area (Å²) in [4.78, 5) is 29.7. The first-order valence-corrected chi connectivity index (χ1v) is 10.2. The van der Waals surface area contributed by atoms with Gasteiger partial charge >= 0.3 is 11.9 Å². The van der Waals surface area contributed by atoms with Crippen molar-refractivity contribution in [3.05, 3.63) is 59.7 Å². The second kappa shape index (κ2) is 11.5. The van der Waals surface area contributed by atoms with Crippen LogP contribution in [0.25, 0.3) is 0 Å². The highest BCUT2D eigenvalue weighted by atomic mass is 32.2. The van der Waals surface area contributed by atoms with E-state index in [1.54, 1.807) is 36.6 Å². The van der Waals surface area contributed by atoms with Crippen LogP contribution in [0.5, 0.6) is 0 Å². The van der Waals surface area contributed by atoms with E-state index in [2.05, 4.69) is 20.6 Å². The molecule has 9 nitrogen and oxygen atoms in total.